The molecule has 4 rings (SSSR count). The second-order valence-corrected chi connectivity index (χ2v) is 7.69. The number of nitrogen functional groups attached to an aromatic ring is 1. The van der Waals surface area contributed by atoms with Crippen LogP contribution in [0.5, 0.6) is 11.6 Å². The first-order chi connectivity index (χ1) is 14.0. The van der Waals surface area contributed by atoms with Crippen LogP contribution in [0.1, 0.15) is 10.4 Å². The van der Waals surface area contributed by atoms with Gasteiger partial charge in [-0.15, -0.1) is 0 Å². The zero-order valence-electron chi connectivity index (χ0n) is 15.3. The summed E-state index contributed by atoms with van der Waals surface area (Å²) in [7, 11) is 0. The Morgan fingerprint density at radius 3 is 2.55 bits per heavy atom. The van der Waals surface area contributed by atoms with Crippen LogP contribution in [0.25, 0.3) is 0 Å². The second kappa shape index (κ2) is 7.88. The van der Waals surface area contributed by atoms with Gasteiger partial charge in [0, 0.05) is 17.8 Å². The molecule has 2 heterocycles. The molecule has 2 aromatic carbocycles. The van der Waals surface area contributed by atoms with Crippen molar-refractivity contribution in [1.82, 2.24) is 4.98 Å². The van der Waals surface area contributed by atoms with Gasteiger partial charge in [-0.1, -0.05) is 23.5 Å². The number of amides is 1. The first-order valence-electron chi connectivity index (χ1n) is 8.94. The van der Waals surface area contributed by atoms with E-state index in [-0.39, 0.29) is 23.5 Å². The fourth-order valence-corrected chi connectivity index (χ4v) is 3.78. The molecule has 1 aliphatic rings. The van der Waals surface area contributed by atoms with Crippen LogP contribution in [0.2, 0.25) is 0 Å². The smallest absolute Gasteiger partial charge is 0.414 e. The third-order valence-corrected chi connectivity index (χ3v) is 5.37. The minimum absolute atomic E-state index is 0.0889. The number of aromatic amines is 1. The summed E-state index contributed by atoms with van der Waals surface area (Å²) in [6.45, 7) is 0.628. The van der Waals surface area contributed by atoms with Gasteiger partial charge in [0.25, 0.3) is 0 Å². The Kier molecular flexibility index (Phi) is 5.13. The van der Waals surface area contributed by atoms with Gasteiger partial charge in [0.05, 0.1) is 11.4 Å². The van der Waals surface area contributed by atoms with E-state index in [0.717, 1.165) is 22.6 Å². The number of hydrogen-bond acceptors (Lipinski definition) is 7. The molecular weight excluding hydrogens is 394 g/mol. The lowest BCUT2D eigenvalue weighted by atomic mass is 10.1. The van der Waals surface area contributed by atoms with Gasteiger partial charge < -0.3 is 20.3 Å². The van der Waals surface area contributed by atoms with Crippen LogP contribution < -0.4 is 20.2 Å². The summed E-state index contributed by atoms with van der Waals surface area (Å²) < 4.78 is 11.1. The van der Waals surface area contributed by atoms with Crippen molar-refractivity contribution < 1.29 is 19.4 Å². The maximum Gasteiger partial charge on any atom is 0.414 e. The highest BCUT2D eigenvalue weighted by atomic mass is 32.1. The van der Waals surface area contributed by atoms with Crippen molar-refractivity contribution in [3.63, 3.8) is 0 Å². The number of carbonyl (C=O) groups excluding carboxylic acids is 1. The second-order valence-electron chi connectivity index (χ2n) is 6.63. The molecule has 1 aliphatic heterocycles. The highest BCUT2D eigenvalue weighted by Crippen LogP contribution is 2.24. The van der Waals surface area contributed by atoms with E-state index in [9.17, 15) is 14.7 Å². The number of carbonyl (C=O) groups is 1. The van der Waals surface area contributed by atoms with Crippen LogP contribution >= 0.6 is 11.3 Å². The Bertz CT molecular complexity index is 1060. The van der Waals surface area contributed by atoms with Crippen molar-refractivity contribution in [2.24, 2.45) is 0 Å². The van der Waals surface area contributed by atoms with Crippen molar-refractivity contribution in [1.29, 1.82) is 0 Å². The van der Waals surface area contributed by atoms with Crippen molar-refractivity contribution in [2.45, 2.75) is 12.5 Å². The van der Waals surface area contributed by atoms with Crippen molar-refractivity contribution >= 4 is 28.8 Å². The lowest BCUT2D eigenvalue weighted by Crippen LogP contribution is -2.26. The zero-order chi connectivity index (χ0) is 20.4. The lowest BCUT2D eigenvalue weighted by molar-refractivity contribution is 0.105. The number of cyclic esters (lactones) is 1. The van der Waals surface area contributed by atoms with Crippen LogP contribution in [0.4, 0.5) is 16.2 Å². The monoisotopic (exact) mass is 413 g/mol. The van der Waals surface area contributed by atoms with E-state index < -0.39 is 6.09 Å². The van der Waals surface area contributed by atoms with E-state index in [0.29, 0.717) is 29.3 Å². The molecule has 1 amide bonds. The van der Waals surface area contributed by atoms with Crippen LogP contribution in [-0.2, 0) is 11.2 Å². The number of aromatic nitrogens is 1. The first-order valence-corrected chi connectivity index (χ1v) is 9.76. The molecule has 0 aliphatic carbocycles. The number of thiazole rings is 1. The van der Waals surface area contributed by atoms with E-state index in [1.165, 1.54) is 0 Å². The highest BCUT2D eigenvalue weighted by molar-refractivity contribution is 7.09. The van der Waals surface area contributed by atoms with E-state index in [4.69, 9.17) is 15.2 Å². The summed E-state index contributed by atoms with van der Waals surface area (Å²) >= 11 is 0.987. The zero-order valence-corrected chi connectivity index (χ0v) is 16.1. The van der Waals surface area contributed by atoms with Crippen LogP contribution in [0, 0.1) is 0 Å². The van der Waals surface area contributed by atoms with Gasteiger partial charge >= 0.3 is 11.0 Å². The minimum Gasteiger partial charge on any atom is -0.494 e. The summed E-state index contributed by atoms with van der Waals surface area (Å²) in [5.41, 5.74) is 7.97. The van der Waals surface area contributed by atoms with Gasteiger partial charge in [-0.25, -0.2) is 4.79 Å². The molecule has 150 valence electrons. The SMILES string of the molecule is Nc1ccc(N2CC(COc3ccc(Cc4sc(=O)[nH]c4O)cc3)OC2=O)cc1. The standard InChI is InChI=1S/C20H19N3O5S/c21-13-3-5-14(6-4-13)23-10-16(28-20(23)26)11-27-15-7-1-12(2-8-15)9-17-18(24)22-19(25)29-17/h1-8,16,24H,9-11,21H2,(H,22,25). The molecular formula is C20H19N3O5S. The summed E-state index contributed by atoms with van der Waals surface area (Å²) in [6.07, 6.45) is -0.343. The van der Waals surface area contributed by atoms with Crippen LogP contribution in [0.15, 0.2) is 53.3 Å². The number of rotatable bonds is 6. The number of H-pyrrole nitrogens is 1. The van der Waals surface area contributed by atoms with E-state index in [2.05, 4.69) is 4.98 Å². The molecule has 3 aromatic rings. The van der Waals surface area contributed by atoms with Crippen molar-refractivity contribution in [3.05, 3.63) is 68.6 Å². The number of ether oxygens (including phenoxy) is 2. The number of aromatic hydroxyl groups is 1. The summed E-state index contributed by atoms with van der Waals surface area (Å²) in [5, 5.41) is 9.67. The Hall–Kier alpha value is -3.46. The molecule has 0 bridgehead atoms. The minimum atomic E-state index is -0.413. The van der Waals surface area contributed by atoms with Gasteiger partial charge in [0.15, 0.2) is 6.10 Å². The number of benzene rings is 2. The Labute approximate surface area is 170 Å². The van der Waals surface area contributed by atoms with Gasteiger partial charge in [-0.2, -0.15) is 0 Å². The summed E-state index contributed by atoms with van der Waals surface area (Å²) in [6, 6.07) is 14.3. The average molecular weight is 413 g/mol. The van der Waals surface area contributed by atoms with E-state index in [1.807, 2.05) is 12.1 Å². The molecule has 1 atom stereocenters. The molecule has 0 spiro atoms. The fourth-order valence-electron chi connectivity index (χ4n) is 3.02. The molecule has 8 nitrogen and oxygen atoms in total. The molecule has 1 saturated heterocycles. The molecule has 1 fully saturated rings. The third kappa shape index (κ3) is 4.35. The first kappa shape index (κ1) is 18.9. The van der Waals surface area contributed by atoms with Gasteiger partial charge in [-0.3, -0.25) is 14.7 Å². The van der Waals surface area contributed by atoms with Gasteiger partial charge in [0.2, 0.25) is 5.88 Å². The lowest BCUT2D eigenvalue weighted by Gasteiger charge is -2.13. The quantitative estimate of drug-likeness (QED) is 0.535. The van der Waals surface area contributed by atoms with Crippen LogP contribution in [-0.4, -0.2) is 35.4 Å². The van der Waals surface area contributed by atoms with E-state index in [1.54, 1.807) is 41.3 Å². The maximum absolute atomic E-state index is 12.1. The number of nitrogens with one attached hydrogen (secondary N) is 1. The predicted molar refractivity (Wildman–Crippen MR) is 110 cm³/mol. The Morgan fingerprint density at radius 2 is 1.90 bits per heavy atom. The normalized spacial score (nSPS) is 16.1. The molecule has 9 heteroatoms. The van der Waals surface area contributed by atoms with Gasteiger partial charge in [0.1, 0.15) is 12.4 Å². The average Bonchev–Trinajstić information content (AvgIpc) is 3.23. The molecule has 0 saturated carbocycles. The van der Waals surface area contributed by atoms with Gasteiger partial charge in [-0.05, 0) is 42.0 Å². The molecule has 4 N–H and O–H groups in total. The number of nitrogens with two attached hydrogens (primary N) is 1. The number of hydrogen-bond donors (Lipinski definition) is 3. The Balaban J connectivity index is 1.32. The summed E-state index contributed by atoms with van der Waals surface area (Å²) in [4.78, 5) is 27.6. The molecule has 1 aromatic heterocycles. The Morgan fingerprint density at radius 1 is 1.17 bits per heavy atom. The van der Waals surface area contributed by atoms with E-state index >= 15 is 0 Å². The van der Waals surface area contributed by atoms with Crippen LogP contribution in [0.3, 0.4) is 0 Å². The maximum atomic E-state index is 12.1. The number of anilines is 2. The van der Waals surface area contributed by atoms with Crippen molar-refractivity contribution in [2.75, 3.05) is 23.8 Å². The fraction of sp³-hybridized carbons (Fsp3) is 0.200. The molecule has 29 heavy (non-hydrogen) atoms. The molecule has 1 unspecified atom stereocenters. The molecule has 0 radical (unpaired) electrons. The van der Waals surface area contributed by atoms with Crippen molar-refractivity contribution in [3.8, 4) is 11.6 Å². The largest absolute Gasteiger partial charge is 0.494 e. The third-order valence-electron chi connectivity index (χ3n) is 4.50. The summed E-state index contributed by atoms with van der Waals surface area (Å²) in [5.74, 6) is 0.552. The topological polar surface area (TPSA) is 118 Å². The highest BCUT2D eigenvalue weighted by Gasteiger charge is 2.32. The predicted octanol–water partition coefficient (Wildman–Crippen LogP) is 2.72. The number of nitrogens with zero attached hydrogens (tertiary/aromatic N) is 1.